The van der Waals surface area contributed by atoms with E-state index in [9.17, 15) is 9.59 Å². The summed E-state index contributed by atoms with van der Waals surface area (Å²) in [5.74, 6) is -0.204. The molecule has 2 aromatic rings. The van der Waals surface area contributed by atoms with Crippen LogP contribution in [0.15, 0.2) is 48.5 Å². The van der Waals surface area contributed by atoms with Crippen LogP contribution in [0.4, 0.5) is 0 Å². The van der Waals surface area contributed by atoms with Gasteiger partial charge in [0, 0.05) is 6.08 Å². The van der Waals surface area contributed by atoms with Gasteiger partial charge in [0.05, 0.1) is 18.7 Å². The lowest BCUT2D eigenvalue weighted by atomic mass is 10.1. The molecule has 0 saturated heterocycles. The molecule has 142 valence electrons. The molecule has 2 amide bonds. The topological polar surface area (TPSA) is 90.6 Å². The van der Waals surface area contributed by atoms with E-state index < -0.39 is 17.9 Å². The molecule has 0 bridgehead atoms. The Morgan fingerprint density at radius 1 is 1.26 bits per heavy atom. The number of hydrogen-bond donors (Lipinski definition) is 2. The van der Waals surface area contributed by atoms with Gasteiger partial charge in [0.1, 0.15) is 6.04 Å². The number of carbonyl (C=O) groups is 2. The molecule has 0 heterocycles. The molecule has 6 nitrogen and oxygen atoms in total. The van der Waals surface area contributed by atoms with Crippen molar-refractivity contribution in [2.75, 3.05) is 13.7 Å². The third kappa shape index (κ3) is 5.49. The summed E-state index contributed by atoms with van der Waals surface area (Å²) in [5.41, 5.74) is 6.65. The smallest absolute Gasteiger partial charge is 0.244 e. The number of methoxy groups -OCH3 is 1. The van der Waals surface area contributed by atoms with Gasteiger partial charge in [0.15, 0.2) is 11.5 Å². The van der Waals surface area contributed by atoms with E-state index in [1.54, 1.807) is 42.5 Å². The van der Waals surface area contributed by atoms with Crippen molar-refractivity contribution < 1.29 is 19.1 Å². The molecule has 0 aromatic heterocycles. The summed E-state index contributed by atoms with van der Waals surface area (Å²) >= 11 is 6.21. The van der Waals surface area contributed by atoms with Gasteiger partial charge in [0.25, 0.3) is 0 Å². The fourth-order valence-corrected chi connectivity index (χ4v) is 2.72. The van der Waals surface area contributed by atoms with Gasteiger partial charge < -0.3 is 20.5 Å². The molecule has 0 spiro atoms. The van der Waals surface area contributed by atoms with Crippen LogP contribution in [0, 0.1) is 0 Å². The van der Waals surface area contributed by atoms with Crippen LogP contribution in [-0.2, 0) is 9.59 Å². The molecule has 1 unspecified atom stereocenters. The summed E-state index contributed by atoms with van der Waals surface area (Å²) in [4.78, 5) is 23.9. The molecule has 2 aromatic carbocycles. The van der Waals surface area contributed by atoms with Crippen molar-refractivity contribution in [2.45, 2.75) is 13.0 Å². The SMILES string of the molecule is CCOc1c(Cl)cc(/C=C/C(=O)NC(C(N)=O)c2ccccc2)cc1OC. The highest BCUT2D eigenvalue weighted by Crippen LogP contribution is 2.36. The van der Waals surface area contributed by atoms with Gasteiger partial charge in [-0.1, -0.05) is 41.9 Å². The number of hydrogen-bond acceptors (Lipinski definition) is 4. The van der Waals surface area contributed by atoms with Crippen molar-refractivity contribution in [2.24, 2.45) is 5.73 Å². The summed E-state index contributed by atoms with van der Waals surface area (Å²) < 4.78 is 10.7. The molecule has 0 radical (unpaired) electrons. The monoisotopic (exact) mass is 388 g/mol. The molecule has 2 rings (SSSR count). The van der Waals surface area contributed by atoms with Crippen LogP contribution in [0.3, 0.4) is 0 Å². The lowest BCUT2D eigenvalue weighted by Gasteiger charge is -2.14. The lowest BCUT2D eigenvalue weighted by molar-refractivity contribution is -0.125. The first kappa shape index (κ1) is 20.3. The number of nitrogens with one attached hydrogen (secondary N) is 1. The first-order valence-corrected chi connectivity index (χ1v) is 8.67. The molecule has 0 fully saturated rings. The molecule has 0 aliphatic rings. The maximum absolute atomic E-state index is 12.2. The second kappa shape index (κ2) is 9.64. The molecule has 3 N–H and O–H groups in total. The molecular weight excluding hydrogens is 368 g/mol. The normalized spacial score (nSPS) is 11.8. The molecule has 27 heavy (non-hydrogen) atoms. The van der Waals surface area contributed by atoms with Gasteiger partial charge in [-0.3, -0.25) is 9.59 Å². The van der Waals surface area contributed by atoms with E-state index in [0.29, 0.717) is 34.3 Å². The Balaban J connectivity index is 2.16. The van der Waals surface area contributed by atoms with Crippen molar-refractivity contribution in [1.82, 2.24) is 5.32 Å². The Kier molecular flexibility index (Phi) is 7.25. The lowest BCUT2D eigenvalue weighted by Crippen LogP contribution is -2.36. The number of primary amides is 1. The Bertz CT molecular complexity index is 837. The quantitative estimate of drug-likeness (QED) is 0.680. The van der Waals surface area contributed by atoms with E-state index in [1.807, 2.05) is 13.0 Å². The summed E-state index contributed by atoms with van der Waals surface area (Å²) in [6.07, 6.45) is 2.85. The second-order valence-electron chi connectivity index (χ2n) is 5.56. The highest BCUT2D eigenvalue weighted by Gasteiger charge is 2.18. The maximum Gasteiger partial charge on any atom is 0.244 e. The van der Waals surface area contributed by atoms with Gasteiger partial charge in [0.2, 0.25) is 11.8 Å². The predicted octanol–water partition coefficient (Wildman–Crippen LogP) is 3.10. The first-order valence-electron chi connectivity index (χ1n) is 8.29. The van der Waals surface area contributed by atoms with Crippen LogP contribution in [0.2, 0.25) is 5.02 Å². The minimum Gasteiger partial charge on any atom is -0.493 e. The number of amides is 2. The average molecular weight is 389 g/mol. The van der Waals surface area contributed by atoms with Gasteiger partial charge in [-0.05, 0) is 36.3 Å². The summed E-state index contributed by atoms with van der Waals surface area (Å²) in [7, 11) is 1.51. The highest BCUT2D eigenvalue weighted by molar-refractivity contribution is 6.32. The number of carbonyl (C=O) groups excluding carboxylic acids is 2. The van der Waals surface area contributed by atoms with Crippen LogP contribution in [-0.4, -0.2) is 25.5 Å². The van der Waals surface area contributed by atoms with Crippen molar-refractivity contribution >= 4 is 29.5 Å². The molecule has 1 atom stereocenters. The maximum atomic E-state index is 12.2. The van der Waals surface area contributed by atoms with Gasteiger partial charge in [-0.25, -0.2) is 0 Å². The third-order valence-corrected chi connectivity index (χ3v) is 3.95. The summed E-state index contributed by atoms with van der Waals surface area (Å²) in [5, 5.41) is 2.96. The fourth-order valence-electron chi connectivity index (χ4n) is 2.45. The van der Waals surface area contributed by atoms with Crippen LogP contribution in [0.5, 0.6) is 11.5 Å². The second-order valence-corrected chi connectivity index (χ2v) is 5.96. The van der Waals surface area contributed by atoms with Crippen molar-refractivity contribution in [3.8, 4) is 11.5 Å². The largest absolute Gasteiger partial charge is 0.493 e. The molecular formula is C20H21ClN2O4. The molecule has 0 saturated carbocycles. The van der Waals surface area contributed by atoms with E-state index >= 15 is 0 Å². The summed E-state index contributed by atoms with van der Waals surface area (Å²) in [6.45, 7) is 2.29. The molecule has 7 heteroatoms. The highest BCUT2D eigenvalue weighted by atomic mass is 35.5. The van der Waals surface area contributed by atoms with E-state index in [-0.39, 0.29) is 0 Å². The average Bonchev–Trinajstić information content (AvgIpc) is 2.66. The zero-order valence-corrected chi connectivity index (χ0v) is 15.8. The number of rotatable bonds is 8. The van der Waals surface area contributed by atoms with E-state index in [0.717, 1.165) is 0 Å². The Hall–Kier alpha value is -2.99. The zero-order chi connectivity index (χ0) is 19.8. The minimum absolute atomic E-state index is 0.371. The third-order valence-electron chi connectivity index (χ3n) is 3.67. The van der Waals surface area contributed by atoms with E-state index in [1.165, 1.54) is 13.2 Å². The predicted molar refractivity (Wildman–Crippen MR) is 105 cm³/mol. The zero-order valence-electron chi connectivity index (χ0n) is 15.1. The van der Waals surface area contributed by atoms with Gasteiger partial charge in [-0.2, -0.15) is 0 Å². The number of halogens is 1. The molecule has 0 aliphatic carbocycles. The van der Waals surface area contributed by atoms with E-state index in [2.05, 4.69) is 5.32 Å². The van der Waals surface area contributed by atoms with Crippen LogP contribution >= 0.6 is 11.6 Å². The van der Waals surface area contributed by atoms with Crippen molar-refractivity contribution in [3.63, 3.8) is 0 Å². The van der Waals surface area contributed by atoms with Crippen molar-refractivity contribution in [3.05, 3.63) is 64.7 Å². The van der Waals surface area contributed by atoms with Gasteiger partial charge >= 0.3 is 0 Å². The summed E-state index contributed by atoms with van der Waals surface area (Å²) in [6, 6.07) is 11.2. The Labute approximate surface area is 162 Å². The Morgan fingerprint density at radius 2 is 1.96 bits per heavy atom. The standard InChI is InChI=1S/C20H21ClN2O4/c1-3-27-19-15(21)11-13(12-16(19)26-2)9-10-17(24)23-18(20(22)25)14-7-5-4-6-8-14/h4-12,18H,3H2,1-2H3,(H2,22,25)(H,23,24)/b10-9+. The minimum atomic E-state index is -0.915. The number of benzene rings is 2. The van der Waals surface area contributed by atoms with Crippen LogP contribution < -0.4 is 20.5 Å². The fraction of sp³-hybridized carbons (Fsp3) is 0.200. The van der Waals surface area contributed by atoms with Gasteiger partial charge in [-0.15, -0.1) is 0 Å². The number of ether oxygens (including phenoxy) is 2. The van der Waals surface area contributed by atoms with Crippen LogP contribution in [0.1, 0.15) is 24.1 Å². The first-order chi connectivity index (χ1) is 13.0. The molecule has 0 aliphatic heterocycles. The van der Waals surface area contributed by atoms with Crippen molar-refractivity contribution in [1.29, 1.82) is 0 Å². The van der Waals surface area contributed by atoms with Crippen LogP contribution in [0.25, 0.3) is 6.08 Å². The number of nitrogens with two attached hydrogens (primary N) is 1. The Morgan fingerprint density at radius 3 is 2.56 bits per heavy atom. The van der Waals surface area contributed by atoms with E-state index in [4.69, 9.17) is 26.8 Å².